The summed E-state index contributed by atoms with van der Waals surface area (Å²) >= 11 is 3.37. The van der Waals surface area contributed by atoms with E-state index in [4.69, 9.17) is 15.6 Å². The van der Waals surface area contributed by atoms with Crippen molar-refractivity contribution in [2.24, 2.45) is 0 Å². The van der Waals surface area contributed by atoms with Gasteiger partial charge in [-0.05, 0) is 54.6 Å². The zero-order valence-corrected chi connectivity index (χ0v) is 17.8. The number of benzene rings is 2. The van der Waals surface area contributed by atoms with Crippen molar-refractivity contribution < 1.29 is 18.7 Å². The van der Waals surface area contributed by atoms with Crippen LogP contribution in [0.1, 0.15) is 21.9 Å². The number of hydrogen-bond acceptors (Lipinski definition) is 4. The number of amides is 2. The van der Waals surface area contributed by atoms with Crippen LogP contribution in [0.3, 0.4) is 0 Å². The van der Waals surface area contributed by atoms with Gasteiger partial charge >= 0.3 is 0 Å². The molecule has 0 saturated heterocycles. The number of carbonyl (C=O) groups excluding carboxylic acids is 2. The predicted octanol–water partition coefficient (Wildman–Crippen LogP) is 4.00. The summed E-state index contributed by atoms with van der Waals surface area (Å²) in [4.78, 5) is 26.4. The van der Waals surface area contributed by atoms with Crippen LogP contribution in [0.4, 0.5) is 5.69 Å². The lowest BCUT2D eigenvalue weighted by atomic mass is 10.2. The van der Waals surface area contributed by atoms with E-state index < -0.39 is 5.91 Å². The van der Waals surface area contributed by atoms with Crippen molar-refractivity contribution in [2.45, 2.75) is 6.61 Å². The molecular weight excluding hydrogens is 448 g/mol. The molecule has 152 valence electrons. The van der Waals surface area contributed by atoms with Gasteiger partial charge in [0.2, 0.25) is 5.91 Å². The lowest BCUT2D eigenvalue weighted by Gasteiger charge is -2.21. The van der Waals surface area contributed by atoms with Crippen LogP contribution in [0.15, 0.2) is 69.6 Å². The van der Waals surface area contributed by atoms with E-state index in [1.54, 1.807) is 36.4 Å². The molecule has 3 rings (SSSR count). The number of nitrogens with zero attached hydrogens (tertiary/aromatic N) is 1. The molecule has 0 aliphatic heterocycles. The standard InChI is InChI=1S/C23H19BrN2O4/c1-3-16-5-4-6-18(13-16)26(14-22(27)25-2)23(28)21-12-11-20(30-21)15-29-19-9-7-17(24)8-10-19/h1,4-13H,14-15H2,2H3,(H,25,27). The second-order valence-electron chi connectivity index (χ2n) is 6.27. The number of carbonyl (C=O) groups is 2. The topological polar surface area (TPSA) is 71.8 Å². The fourth-order valence-electron chi connectivity index (χ4n) is 2.66. The van der Waals surface area contributed by atoms with Gasteiger partial charge in [0, 0.05) is 22.8 Å². The third kappa shape index (κ3) is 5.31. The summed E-state index contributed by atoms with van der Waals surface area (Å²) in [6.07, 6.45) is 5.46. The van der Waals surface area contributed by atoms with E-state index in [1.807, 2.05) is 24.3 Å². The SMILES string of the molecule is C#Cc1cccc(N(CC(=O)NC)C(=O)c2ccc(COc3ccc(Br)cc3)o2)c1. The van der Waals surface area contributed by atoms with Crippen LogP contribution >= 0.6 is 15.9 Å². The summed E-state index contributed by atoms with van der Waals surface area (Å²) in [6, 6.07) is 17.5. The van der Waals surface area contributed by atoms with Gasteiger partial charge in [0.15, 0.2) is 5.76 Å². The highest BCUT2D eigenvalue weighted by Gasteiger charge is 2.23. The van der Waals surface area contributed by atoms with Gasteiger partial charge < -0.3 is 14.5 Å². The number of hydrogen-bond donors (Lipinski definition) is 1. The largest absolute Gasteiger partial charge is 0.486 e. The summed E-state index contributed by atoms with van der Waals surface area (Å²) < 4.78 is 12.3. The first-order chi connectivity index (χ1) is 14.5. The van der Waals surface area contributed by atoms with Crippen LogP contribution in [-0.4, -0.2) is 25.4 Å². The van der Waals surface area contributed by atoms with E-state index >= 15 is 0 Å². The normalized spacial score (nSPS) is 10.2. The van der Waals surface area contributed by atoms with Crippen LogP contribution < -0.4 is 15.0 Å². The molecule has 6 nitrogen and oxygen atoms in total. The molecule has 0 fully saturated rings. The Balaban J connectivity index is 1.78. The number of ether oxygens (including phenoxy) is 1. The monoisotopic (exact) mass is 466 g/mol. The first-order valence-corrected chi connectivity index (χ1v) is 9.85. The molecule has 2 aromatic carbocycles. The van der Waals surface area contributed by atoms with E-state index in [0.29, 0.717) is 22.8 Å². The molecular formula is C23H19BrN2O4. The van der Waals surface area contributed by atoms with E-state index in [9.17, 15) is 9.59 Å². The quantitative estimate of drug-likeness (QED) is 0.534. The molecule has 7 heteroatoms. The van der Waals surface area contributed by atoms with Crippen molar-refractivity contribution in [2.75, 3.05) is 18.5 Å². The molecule has 0 spiro atoms. The number of terminal acetylenes is 1. The molecule has 0 radical (unpaired) electrons. The van der Waals surface area contributed by atoms with E-state index in [-0.39, 0.29) is 24.8 Å². The maximum Gasteiger partial charge on any atom is 0.294 e. The Morgan fingerprint density at radius 2 is 1.93 bits per heavy atom. The van der Waals surface area contributed by atoms with Crippen LogP contribution in [-0.2, 0) is 11.4 Å². The summed E-state index contributed by atoms with van der Waals surface area (Å²) in [5, 5.41) is 2.52. The number of nitrogens with one attached hydrogen (secondary N) is 1. The molecule has 0 atom stereocenters. The van der Waals surface area contributed by atoms with E-state index in [0.717, 1.165) is 4.47 Å². The Kier molecular flexibility index (Phi) is 6.94. The van der Waals surface area contributed by atoms with Crippen molar-refractivity contribution in [3.8, 4) is 18.1 Å². The second kappa shape index (κ2) is 9.81. The number of furan rings is 1. The van der Waals surface area contributed by atoms with Crippen molar-refractivity contribution in [3.05, 3.63) is 82.2 Å². The molecule has 1 aromatic heterocycles. The number of halogens is 1. The van der Waals surface area contributed by atoms with Crippen molar-refractivity contribution in [1.82, 2.24) is 5.32 Å². The third-order valence-electron chi connectivity index (χ3n) is 4.22. The molecule has 1 heterocycles. The summed E-state index contributed by atoms with van der Waals surface area (Å²) in [7, 11) is 1.51. The van der Waals surface area contributed by atoms with Gasteiger partial charge in [-0.3, -0.25) is 14.5 Å². The number of likely N-dealkylation sites (N-methyl/N-ethyl adjacent to an activating group) is 1. The predicted molar refractivity (Wildman–Crippen MR) is 117 cm³/mol. The fraction of sp³-hybridized carbons (Fsp3) is 0.130. The zero-order chi connectivity index (χ0) is 21.5. The number of anilines is 1. The van der Waals surface area contributed by atoms with Crippen LogP contribution in [0.5, 0.6) is 5.75 Å². The lowest BCUT2D eigenvalue weighted by Crippen LogP contribution is -2.39. The highest BCUT2D eigenvalue weighted by Crippen LogP contribution is 2.21. The van der Waals surface area contributed by atoms with Gasteiger partial charge in [-0.15, -0.1) is 6.42 Å². The van der Waals surface area contributed by atoms with E-state index in [2.05, 4.69) is 27.2 Å². The minimum Gasteiger partial charge on any atom is -0.486 e. The molecule has 3 aromatic rings. The Labute approximate surface area is 183 Å². The first-order valence-electron chi connectivity index (χ1n) is 9.06. The number of rotatable bonds is 7. The average molecular weight is 467 g/mol. The van der Waals surface area contributed by atoms with Gasteiger partial charge in [0.05, 0.1) is 0 Å². The molecule has 0 aliphatic carbocycles. The molecule has 0 unspecified atom stereocenters. The van der Waals surface area contributed by atoms with Crippen LogP contribution in [0.25, 0.3) is 0 Å². The van der Waals surface area contributed by atoms with Crippen molar-refractivity contribution in [3.63, 3.8) is 0 Å². The van der Waals surface area contributed by atoms with Gasteiger partial charge in [0.1, 0.15) is 24.7 Å². The summed E-state index contributed by atoms with van der Waals surface area (Å²) in [6.45, 7) is -0.00821. The third-order valence-corrected chi connectivity index (χ3v) is 4.75. The fourth-order valence-corrected chi connectivity index (χ4v) is 2.92. The lowest BCUT2D eigenvalue weighted by molar-refractivity contribution is -0.119. The Bertz CT molecular complexity index is 1080. The van der Waals surface area contributed by atoms with Gasteiger partial charge in [0.25, 0.3) is 5.91 Å². The van der Waals surface area contributed by atoms with Gasteiger partial charge in [-0.2, -0.15) is 0 Å². The highest BCUT2D eigenvalue weighted by atomic mass is 79.9. The summed E-state index contributed by atoms with van der Waals surface area (Å²) in [5.74, 6) is 3.01. The minimum atomic E-state index is -0.456. The summed E-state index contributed by atoms with van der Waals surface area (Å²) in [5.41, 5.74) is 1.10. The molecule has 1 N–H and O–H groups in total. The van der Waals surface area contributed by atoms with Crippen molar-refractivity contribution in [1.29, 1.82) is 0 Å². The molecule has 30 heavy (non-hydrogen) atoms. The van der Waals surface area contributed by atoms with Crippen LogP contribution in [0.2, 0.25) is 0 Å². The van der Waals surface area contributed by atoms with Crippen LogP contribution in [0, 0.1) is 12.3 Å². The van der Waals surface area contributed by atoms with E-state index in [1.165, 1.54) is 11.9 Å². The maximum atomic E-state index is 13.1. The molecule has 0 aliphatic rings. The minimum absolute atomic E-state index is 0.0967. The smallest absolute Gasteiger partial charge is 0.294 e. The van der Waals surface area contributed by atoms with Crippen molar-refractivity contribution >= 4 is 33.4 Å². The van der Waals surface area contributed by atoms with Gasteiger partial charge in [-0.1, -0.05) is 27.9 Å². The Morgan fingerprint density at radius 1 is 1.17 bits per heavy atom. The first kappa shape index (κ1) is 21.2. The Hall–Kier alpha value is -3.50. The molecule has 2 amide bonds. The zero-order valence-electron chi connectivity index (χ0n) is 16.2. The maximum absolute atomic E-state index is 13.1. The second-order valence-corrected chi connectivity index (χ2v) is 7.18. The van der Waals surface area contributed by atoms with Gasteiger partial charge in [-0.25, -0.2) is 0 Å². The molecule has 0 bridgehead atoms. The molecule has 0 saturated carbocycles. The average Bonchev–Trinajstić information content (AvgIpc) is 3.25. The Morgan fingerprint density at radius 3 is 2.63 bits per heavy atom. The highest BCUT2D eigenvalue weighted by molar-refractivity contribution is 9.10.